The zero-order valence-electron chi connectivity index (χ0n) is 10.8. The third-order valence-corrected chi connectivity index (χ3v) is 3.75. The first kappa shape index (κ1) is 13.5. The zero-order valence-corrected chi connectivity index (χ0v) is 10.8. The highest BCUT2D eigenvalue weighted by molar-refractivity contribution is 5.21. The van der Waals surface area contributed by atoms with E-state index in [2.05, 4.69) is 4.90 Å². The fourth-order valence-corrected chi connectivity index (χ4v) is 2.60. The van der Waals surface area contributed by atoms with Crippen LogP contribution in [0, 0.1) is 5.82 Å². The molecule has 1 aromatic rings. The summed E-state index contributed by atoms with van der Waals surface area (Å²) in [6.45, 7) is 1.99. The summed E-state index contributed by atoms with van der Waals surface area (Å²) in [5, 5.41) is 0. The van der Waals surface area contributed by atoms with Gasteiger partial charge in [0, 0.05) is 37.4 Å². The van der Waals surface area contributed by atoms with Crippen LogP contribution in [0.15, 0.2) is 24.3 Å². The van der Waals surface area contributed by atoms with Crippen LogP contribution in [0.5, 0.6) is 0 Å². The van der Waals surface area contributed by atoms with E-state index >= 15 is 0 Å². The molecule has 1 fully saturated rings. The van der Waals surface area contributed by atoms with Crippen LogP contribution in [0.2, 0.25) is 0 Å². The highest BCUT2D eigenvalue weighted by Crippen LogP contribution is 2.26. The van der Waals surface area contributed by atoms with Gasteiger partial charge < -0.3 is 10.5 Å². The maximum absolute atomic E-state index is 13.8. The van der Waals surface area contributed by atoms with Crippen molar-refractivity contribution in [3.05, 3.63) is 35.6 Å². The number of hydrogen-bond acceptors (Lipinski definition) is 3. The van der Waals surface area contributed by atoms with Gasteiger partial charge in [-0.2, -0.15) is 0 Å². The standard InChI is InChI=1S/C14H21FN2O/c1-17(11-6-8-18-9-7-11)14(10-16)12-4-2-3-5-13(12)15/h2-5,11,14H,6-10,16H2,1H3. The lowest BCUT2D eigenvalue weighted by Crippen LogP contribution is -2.42. The smallest absolute Gasteiger partial charge is 0.128 e. The average molecular weight is 252 g/mol. The number of halogens is 1. The average Bonchev–Trinajstić information content (AvgIpc) is 2.42. The number of ether oxygens (including phenoxy) is 1. The molecule has 0 aliphatic carbocycles. The lowest BCUT2D eigenvalue weighted by Gasteiger charge is -2.37. The van der Waals surface area contributed by atoms with E-state index in [1.165, 1.54) is 6.07 Å². The van der Waals surface area contributed by atoms with Gasteiger partial charge in [0.25, 0.3) is 0 Å². The Bertz CT molecular complexity index is 380. The molecule has 0 saturated carbocycles. The van der Waals surface area contributed by atoms with Crippen LogP contribution < -0.4 is 5.73 Å². The molecule has 0 aromatic heterocycles. The molecule has 1 aliphatic heterocycles. The van der Waals surface area contributed by atoms with E-state index in [4.69, 9.17) is 10.5 Å². The molecule has 4 heteroatoms. The van der Waals surface area contributed by atoms with Crippen LogP contribution >= 0.6 is 0 Å². The molecule has 2 N–H and O–H groups in total. The van der Waals surface area contributed by atoms with Gasteiger partial charge in [0.15, 0.2) is 0 Å². The summed E-state index contributed by atoms with van der Waals surface area (Å²) in [5.41, 5.74) is 6.53. The zero-order chi connectivity index (χ0) is 13.0. The fraction of sp³-hybridized carbons (Fsp3) is 0.571. The second-order valence-corrected chi connectivity index (χ2v) is 4.78. The third-order valence-electron chi connectivity index (χ3n) is 3.75. The summed E-state index contributed by atoms with van der Waals surface area (Å²) in [6, 6.07) is 7.25. The summed E-state index contributed by atoms with van der Waals surface area (Å²) in [5.74, 6) is -0.174. The molecule has 18 heavy (non-hydrogen) atoms. The van der Waals surface area contributed by atoms with Gasteiger partial charge in [-0.3, -0.25) is 4.90 Å². The highest BCUT2D eigenvalue weighted by Gasteiger charge is 2.26. The van der Waals surface area contributed by atoms with Gasteiger partial charge in [0.2, 0.25) is 0 Å². The summed E-state index contributed by atoms with van der Waals surface area (Å²) >= 11 is 0. The fourth-order valence-electron chi connectivity index (χ4n) is 2.60. The number of nitrogens with zero attached hydrogens (tertiary/aromatic N) is 1. The van der Waals surface area contributed by atoms with Gasteiger partial charge in [0.05, 0.1) is 0 Å². The molecule has 0 radical (unpaired) electrons. The van der Waals surface area contributed by atoms with E-state index in [1.54, 1.807) is 6.07 Å². The van der Waals surface area contributed by atoms with Crippen molar-refractivity contribution in [1.82, 2.24) is 4.90 Å². The molecule has 100 valence electrons. The first-order valence-corrected chi connectivity index (χ1v) is 6.48. The van der Waals surface area contributed by atoms with E-state index in [0.29, 0.717) is 18.2 Å². The molecule has 1 aliphatic rings. The van der Waals surface area contributed by atoms with Gasteiger partial charge in [-0.15, -0.1) is 0 Å². The number of nitrogens with two attached hydrogens (primary N) is 1. The molecule has 0 bridgehead atoms. The van der Waals surface area contributed by atoms with Gasteiger partial charge in [-0.05, 0) is 26.0 Å². The predicted octanol–water partition coefficient (Wildman–Crippen LogP) is 1.94. The van der Waals surface area contributed by atoms with Crippen molar-refractivity contribution in [2.24, 2.45) is 5.73 Å². The first-order chi connectivity index (χ1) is 8.74. The number of benzene rings is 1. The highest BCUT2D eigenvalue weighted by atomic mass is 19.1. The molecular formula is C14H21FN2O. The molecule has 1 aromatic carbocycles. The Morgan fingerprint density at radius 3 is 2.67 bits per heavy atom. The predicted molar refractivity (Wildman–Crippen MR) is 69.8 cm³/mol. The monoisotopic (exact) mass is 252 g/mol. The number of hydrogen-bond donors (Lipinski definition) is 1. The quantitative estimate of drug-likeness (QED) is 0.890. The minimum atomic E-state index is -0.174. The molecule has 1 unspecified atom stereocenters. The normalized spacial score (nSPS) is 19.1. The molecule has 0 amide bonds. The second kappa shape index (κ2) is 6.27. The van der Waals surface area contributed by atoms with Gasteiger partial charge in [0.1, 0.15) is 5.82 Å². The van der Waals surface area contributed by atoms with E-state index in [0.717, 1.165) is 26.1 Å². The minimum Gasteiger partial charge on any atom is -0.381 e. The molecule has 3 nitrogen and oxygen atoms in total. The SMILES string of the molecule is CN(C1CCOCC1)C(CN)c1ccccc1F. The Labute approximate surface area is 108 Å². The minimum absolute atomic E-state index is 0.0608. The molecule has 2 rings (SSSR count). The van der Waals surface area contributed by atoms with E-state index in [-0.39, 0.29) is 11.9 Å². The summed E-state index contributed by atoms with van der Waals surface area (Å²) in [4.78, 5) is 2.20. The Balaban J connectivity index is 2.14. The largest absolute Gasteiger partial charge is 0.381 e. The topological polar surface area (TPSA) is 38.5 Å². The lowest BCUT2D eigenvalue weighted by molar-refractivity contribution is 0.0289. The van der Waals surface area contributed by atoms with Crippen molar-refractivity contribution in [3.8, 4) is 0 Å². The Morgan fingerprint density at radius 2 is 2.06 bits per heavy atom. The van der Waals surface area contributed by atoms with E-state index in [9.17, 15) is 4.39 Å². The van der Waals surface area contributed by atoms with Crippen molar-refractivity contribution in [1.29, 1.82) is 0 Å². The maximum Gasteiger partial charge on any atom is 0.128 e. The van der Waals surface area contributed by atoms with Crippen LogP contribution in [0.1, 0.15) is 24.4 Å². The van der Waals surface area contributed by atoms with Crippen molar-refractivity contribution in [3.63, 3.8) is 0 Å². The van der Waals surface area contributed by atoms with Crippen molar-refractivity contribution >= 4 is 0 Å². The number of likely N-dealkylation sites (N-methyl/N-ethyl adjacent to an activating group) is 1. The van der Waals surface area contributed by atoms with Crippen LogP contribution in [-0.4, -0.2) is 37.7 Å². The van der Waals surface area contributed by atoms with E-state index < -0.39 is 0 Å². The summed E-state index contributed by atoms with van der Waals surface area (Å²) in [7, 11) is 2.03. The van der Waals surface area contributed by atoms with Crippen LogP contribution in [0.3, 0.4) is 0 Å². The van der Waals surface area contributed by atoms with Crippen molar-refractivity contribution in [2.75, 3.05) is 26.8 Å². The van der Waals surface area contributed by atoms with Crippen LogP contribution in [-0.2, 0) is 4.74 Å². The second-order valence-electron chi connectivity index (χ2n) is 4.78. The Kier molecular flexibility index (Phi) is 4.69. The lowest BCUT2D eigenvalue weighted by atomic mass is 10.00. The van der Waals surface area contributed by atoms with Gasteiger partial charge in [-0.1, -0.05) is 18.2 Å². The first-order valence-electron chi connectivity index (χ1n) is 6.48. The van der Waals surface area contributed by atoms with Crippen molar-refractivity contribution < 1.29 is 9.13 Å². The molecule has 0 spiro atoms. The van der Waals surface area contributed by atoms with E-state index in [1.807, 2.05) is 19.2 Å². The van der Waals surface area contributed by atoms with Gasteiger partial charge in [-0.25, -0.2) is 4.39 Å². The van der Waals surface area contributed by atoms with Crippen LogP contribution in [0.4, 0.5) is 4.39 Å². The maximum atomic E-state index is 13.8. The Morgan fingerprint density at radius 1 is 1.39 bits per heavy atom. The molecular weight excluding hydrogens is 231 g/mol. The molecule has 1 saturated heterocycles. The summed E-state index contributed by atoms with van der Waals surface area (Å²) < 4.78 is 19.2. The Hall–Kier alpha value is -0.970. The van der Waals surface area contributed by atoms with Crippen LogP contribution in [0.25, 0.3) is 0 Å². The molecule has 1 atom stereocenters. The summed E-state index contributed by atoms with van der Waals surface area (Å²) in [6.07, 6.45) is 1.98. The number of rotatable bonds is 4. The van der Waals surface area contributed by atoms with Crippen molar-refractivity contribution in [2.45, 2.75) is 24.9 Å². The third kappa shape index (κ3) is 2.88. The van der Waals surface area contributed by atoms with Gasteiger partial charge >= 0.3 is 0 Å². The molecule has 1 heterocycles.